The number of fused-ring (bicyclic) bond motifs is 1. The summed E-state index contributed by atoms with van der Waals surface area (Å²) in [4.78, 5) is 15.9. The number of benzene rings is 2. The van der Waals surface area contributed by atoms with Gasteiger partial charge in [-0.1, -0.05) is 12.1 Å². The minimum atomic E-state index is -4.34. The Labute approximate surface area is 197 Å². The molecule has 182 valence electrons. The van der Waals surface area contributed by atoms with Crippen LogP contribution in [0.15, 0.2) is 48.7 Å². The van der Waals surface area contributed by atoms with Crippen LogP contribution in [0.3, 0.4) is 0 Å². The predicted octanol–water partition coefficient (Wildman–Crippen LogP) is 5.41. The fraction of sp³-hybridized carbons (Fsp3) is 0.208. The molecule has 0 radical (unpaired) electrons. The van der Waals surface area contributed by atoms with Crippen molar-refractivity contribution in [2.75, 3.05) is 11.9 Å². The molecule has 2 aromatic heterocycles. The number of halogens is 4. The van der Waals surface area contributed by atoms with Crippen molar-refractivity contribution >= 4 is 17.2 Å². The number of amides is 1. The number of nitrogens with zero attached hydrogens (tertiary/aromatic N) is 3. The number of carbonyl (C=O) groups excluding carboxylic acids is 1. The predicted molar refractivity (Wildman–Crippen MR) is 122 cm³/mol. The highest BCUT2D eigenvalue weighted by Gasteiger charge is 2.26. The quantitative estimate of drug-likeness (QED) is 0.340. The van der Waals surface area contributed by atoms with Crippen LogP contribution in [-0.2, 0) is 0 Å². The SMILES string of the molecule is Cc1ccc(F)cc1Oc1cc(NCCC(F)(F)F)c2ncc(-c3ccc(C(N)=O)c(C)c3)n2n1. The molecular formula is C24H21F4N5O2. The van der Waals surface area contributed by atoms with E-state index in [2.05, 4.69) is 15.4 Å². The lowest BCUT2D eigenvalue weighted by Crippen LogP contribution is -2.15. The molecule has 35 heavy (non-hydrogen) atoms. The molecule has 0 saturated carbocycles. The maximum atomic E-state index is 13.8. The van der Waals surface area contributed by atoms with Crippen LogP contribution in [0.1, 0.15) is 27.9 Å². The van der Waals surface area contributed by atoms with Gasteiger partial charge in [-0.05, 0) is 43.2 Å². The third kappa shape index (κ3) is 5.34. The number of nitrogens with two attached hydrogens (primary N) is 1. The number of imidazole rings is 1. The zero-order chi connectivity index (χ0) is 25.3. The highest BCUT2D eigenvalue weighted by Crippen LogP contribution is 2.31. The third-order valence-corrected chi connectivity index (χ3v) is 5.32. The maximum Gasteiger partial charge on any atom is 0.390 e. The van der Waals surface area contributed by atoms with E-state index in [1.807, 2.05) is 0 Å². The zero-order valence-electron chi connectivity index (χ0n) is 18.8. The standard InChI is InChI=1S/C24H21F4N5O2/c1-13-3-5-16(25)10-20(13)35-21-11-18(30-8-7-24(26,27)28)23-31-12-19(33(23)32-21)15-4-6-17(22(29)34)14(2)9-15/h3-6,9-12,30H,7-8H2,1-2H3,(H2,29,34). The van der Waals surface area contributed by atoms with Crippen molar-refractivity contribution in [1.82, 2.24) is 14.6 Å². The van der Waals surface area contributed by atoms with E-state index in [1.165, 1.54) is 35.0 Å². The van der Waals surface area contributed by atoms with Gasteiger partial charge in [0, 0.05) is 29.8 Å². The molecule has 0 fully saturated rings. The van der Waals surface area contributed by atoms with Gasteiger partial charge < -0.3 is 15.8 Å². The number of primary amides is 1. The first kappa shape index (κ1) is 24.0. The fourth-order valence-corrected chi connectivity index (χ4v) is 3.56. The minimum absolute atomic E-state index is 0.0189. The van der Waals surface area contributed by atoms with Crippen LogP contribution in [-0.4, -0.2) is 33.2 Å². The van der Waals surface area contributed by atoms with E-state index in [9.17, 15) is 22.4 Å². The summed E-state index contributed by atoms with van der Waals surface area (Å²) in [6.07, 6.45) is -3.89. The molecule has 7 nitrogen and oxygen atoms in total. The largest absolute Gasteiger partial charge is 0.437 e. The van der Waals surface area contributed by atoms with Gasteiger partial charge in [-0.2, -0.15) is 13.2 Å². The zero-order valence-corrected chi connectivity index (χ0v) is 18.8. The van der Waals surface area contributed by atoms with Gasteiger partial charge in [0.05, 0.1) is 24.0 Å². The van der Waals surface area contributed by atoms with Crippen molar-refractivity contribution in [2.45, 2.75) is 26.4 Å². The van der Waals surface area contributed by atoms with E-state index in [0.717, 1.165) is 0 Å². The Bertz CT molecular complexity index is 1420. The molecular weight excluding hydrogens is 466 g/mol. The Morgan fingerprint density at radius 1 is 1.11 bits per heavy atom. The van der Waals surface area contributed by atoms with Crippen molar-refractivity contribution in [3.8, 4) is 22.9 Å². The molecule has 11 heteroatoms. The summed E-state index contributed by atoms with van der Waals surface area (Å²) in [6, 6.07) is 10.4. The van der Waals surface area contributed by atoms with E-state index in [1.54, 1.807) is 32.0 Å². The Morgan fingerprint density at radius 2 is 1.89 bits per heavy atom. The lowest BCUT2D eigenvalue weighted by atomic mass is 10.0. The van der Waals surface area contributed by atoms with Crippen molar-refractivity contribution in [3.63, 3.8) is 0 Å². The van der Waals surface area contributed by atoms with E-state index in [0.29, 0.717) is 27.9 Å². The first-order valence-corrected chi connectivity index (χ1v) is 10.6. The first-order valence-electron chi connectivity index (χ1n) is 10.6. The molecule has 0 aliphatic heterocycles. The third-order valence-electron chi connectivity index (χ3n) is 5.32. The Kier molecular flexibility index (Phi) is 6.33. The Hall–Kier alpha value is -4.15. The van der Waals surface area contributed by atoms with Crippen LogP contribution < -0.4 is 15.8 Å². The van der Waals surface area contributed by atoms with E-state index < -0.39 is 30.9 Å². The van der Waals surface area contributed by atoms with Gasteiger partial charge in [0.25, 0.3) is 0 Å². The number of anilines is 1. The Morgan fingerprint density at radius 3 is 2.57 bits per heavy atom. The molecule has 0 unspecified atom stereocenters. The monoisotopic (exact) mass is 487 g/mol. The average Bonchev–Trinajstić information content (AvgIpc) is 3.19. The summed E-state index contributed by atoms with van der Waals surface area (Å²) in [5.41, 5.74) is 8.69. The van der Waals surface area contributed by atoms with Crippen LogP contribution in [0.4, 0.5) is 23.2 Å². The highest BCUT2D eigenvalue weighted by molar-refractivity contribution is 5.94. The molecule has 0 bridgehead atoms. The number of hydrogen-bond donors (Lipinski definition) is 2. The topological polar surface area (TPSA) is 94.5 Å². The van der Waals surface area contributed by atoms with Crippen molar-refractivity contribution < 1.29 is 27.1 Å². The summed E-state index contributed by atoms with van der Waals surface area (Å²) in [7, 11) is 0. The van der Waals surface area contributed by atoms with E-state index in [-0.39, 0.29) is 23.0 Å². The first-order chi connectivity index (χ1) is 16.5. The molecule has 2 aromatic carbocycles. The summed E-state index contributed by atoms with van der Waals surface area (Å²) < 4.78 is 59.1. The molecule has 3 N–H and O–H groups in total. The molecule has 4 rings (SSSR count). The second kappa shape index (κ2) is 9.24. The van der Waals surface area contributed by atoms with Crippen LogP contribution >= 0.6 is 0 Å². The van der Waals surface area contributed by atoms with E-state index >= 15 is 0 Å². The smallest absolute Gasteiger partial charge is 0.390 e. The van der Waals surface area contributed by atoms with Gasteiger partial charge in [-0.25, -0.2) is 13.9 Å². The summed E-state index contributed by atoms with van der Waals surface area (Å²) >= 11 is 0. The molecule has 0 atom stereocenters. The number of ether oxygens (including phenoxy) is 1. The number of nitrogens with one attached hydrogen (secondary N) is 1. The number of carbonyl (C=O) groups is 1. The fourth-order valence-electron chi connectivity index (χ4n) is 3.56. The molecule has 0 saturated heterocycles. The molecule has 0 spiro atoms. The highest BCUT2D eigenvalue weighted by atomic mass is 19.4. The van der Waals surface area contributed by atoms with Crippen LogP contribution in [0.2, 0.25) is 0 Å². The van der Waals surface area contributed by atoms with Crippen LogP contribution in [0, 0.1) is 19.7 Å². The number of hydrogen-bond acceptors (Lipinski definition) is 5. The molecule has 4 aromatic rings. The van der Waals surface area contributed by atoms with Gasteiger partial charge >= 0.3 is 6.18 Å². The molecule has 0 aliphatic rings. The van der Waals surface area contributed by atoms with Gasteiger partial charge in [0.15, 0.2) is 5.65 Å². The number of aryl methyl sites for hydroxylation is 2. The second-order valence-corrected chi connectivity index (χ2v) is 7.97. The second-order valence-electron chi connectivity index (χ2n) is 7.97. The number of aromatic nitrogens is 3. The van der Waals surface area contributed by atoms with E-state index in [4.69, 9.17) is 10.5 Å². The molecule has 2 heterocycles. The van der Waals surface area contributed by atoms with Gasteiger partial charge in [0.1, 0.15) is 11.6 Å². The Balaban J connectivity index is 1.80. The molecule has 0 aliphatic carbocycles. The van der Waals surface area contributed by atoms with Gasteiger partial charge in [-0.15, -0.1) is 5.10 Å². The van der Waals surface area contributed by atoms with Gasteiger partial charge in [0.2, 0.25) is 11.8 Å². The van der Waals surface area contributed by atoms with Crippen molar-refractivity contribution in [2.24, 2.45) is 5.73 Å². The minimum Gasteiger partial charge on any atom is -0.437 e. The lowest BCUT2D eigenvalue weighted by Gasteiger charge is -2.13. The number of alkyl halides is 3. The van der Waals surface area contributed by atoms with Crippen LogP contribution in [0.5, 0.6) is 11.6 Å². The lowest BCUT2D eigenvalue weighted by molar-refractivity contribution is -0.131. The van der Waals surface area contributed by atoms with Crippen LogP contribution in [0.25, 0.3) is 16.9 Å². The molecule has 1 amide bonds. The van der Waals surface area contributed by atoms with Crippen molar-refractivity contribution in [3.05, 3.63) is 71.2 Å². The number of rotatable bonds is 7. The summed E-state index contributed by atoms with van der Waals surface area (Å²) in [5, 5.41) is 7.18. The maximum absolute atomic E-state index is 13.8. The summed E-state index contributed by atoms with van der Waals surface area (Å²) in [6.45, 7) is 3.06. The van der Waals surface area contributed by atoms with Crippen molar-refractivity contribution in [1.29, 1.82) is 0 Å². The van der Waals surface area contributed by atoms with Gasteiger partial charge in [-0.3, -0.25) is 4.79 Å². The normalized spacial score (nSPS) is 11.6. The summed E-state index contributed by atoms with van der Waals surface area (Å²) in [5.74, 6) is -0.849. The average molecular weight is 487 g/mol.